The van der Waals surface area contributed by atoms with Crippen LogP contribution in [0.15, 0.2) is 11.6 Å². The van der Waals surface area contributed by atoms with Gasteiger partial charge in [0.05, 0.1) is 0 Å². The van der Waals surface area contributed by atoms with Gasteiger partial charge in [-0.05, 0) is 11.8 Å². The van der Waals surface area contributed by atoms with E-state index in [1.807, 2.05) is 11.6 Å². The van der Waals surface area contributed by atoms with Crippen LogP contribution in [-0.2, 0) is 0 Å². The van der Waals surface area contributed by atoms with Crippen LogP contribution in [0.4, 0.5) is 5.13 Å². The summed E-state index contributed by atoms with van der Waals surface area (Å²) >= 11 is 1.72. The summed E-state index contributed by atoms with van der Waals surface area (Å²) in [4.78, 5) is 6.63. The van der Waals surface area contributed by atoms with Gasteiger partial charge in [0.1, 0.15) is 0 Å². The SMILES string of the molecule is NC1[C@H]2CN(c3nccs3)C[C@@H]12. The largest absolute Gasteiger partial charge is 0.347 e. The quantitative estimate of drug-likeness (QED) is 0.687. The molecule has 12 heavy (non-hydrogen) atoms. The molecule has 0 spiro atoms. The number of nitrogens with two attached hydrogens (primary N) is 1. The molecule has 3 nitrogen and oxygen atoms in total. The maximum atomic E-state index is 5.84. The number of rotatable bonds is 1. The Morgan fingerprint density at radius 1 is 1.50 bits per heavy atom. The minimum Gasteiger partial charge on any atom is -0.347 e. The minimum absolute atomic E-state index is 0.487. The molecule has 1 aliphatic carbocycles. The first-order valence-electron chi connectivity index (χ1n) is 4.26. The maximum Gasteiger partial charge on any atom is 0.185 e. The van der Waals surface area contributed by atoms with Crippen LogP contribution < -0.4 is 10.6 Å². The Hall–Kier alpha value is -0.610. The van der Waals surface area contributed by atoms with Crippen LogP contribution in [0.25, 0.3) is 0 Å². The maximum absolute atomic E-state index is 5.84. The Bertz CT molecular complexity index is 273. The third-order valence-corrected chi connectivity index (χ3v) is 3.78. The fourth-order valence-corrected chi connectivity index (χ4v) is 2.76. The summed E-state index contributed by atoms with van der Waals surface area (Å²) in [7, 11) is 0. The first-order valence-corrected chi connectivity index (χ1v) is 5.14. The lowest BCUT2D eigenvalue weighted by atomic mass is 10.4. The highest BCUT2D eigenvalue weighted by Crippen LogP contribution is 2.45. The molecule has 1 aliphatic heterocycles. The molecule has 3 rings (SSSR count). The number of hydrogen-bond donors (Lipinski definition) is 1. The lowest BCUT2D eigenvalue weighted by Crippen LogP contribution is -2.27. The van der Waals surface area contributed by atoms with Crippen LogP contribution in [0.2, 0.25) is 0 Å². The van der Waals surface area contributed by atoms with Crippen molar-refractivity contribution in [2.24, 2.45) is 17.6 Å². The van der Waals surface area contributed by atoms with Crippen molar-refractivity contribution in [2.75, 3.05) is 18.0 Å². The van der Waals surface area contributed by atoms with E-state index in [1.54, 1.807) is 11.3 Å². The molecule has 1 aromatic rings. The molecular weight excluding hydrogens is 170 g/mol. The number of nitrogens with zero attached hydrogens (tertiary/aromatic N) is 2. The Labute approximate surface area is 75.2 Å². The number of hydrogen-bond acceptors (Lipinski definition) is 4. The molecule has 0 amide bonds. The average Bonchev–Trinajstić information content (AvgIpc) is 2.66. The van der Waals surface area contributed by atoms with E-state index < -0.39 is 0 Å². The van der Waals surface area contributed by atoms with Crippen LogP contribution in [-0.4, -0.2) is 24.1 Å². The van der Waals surface area contributed by atoms with Crippen LogP contribution in [0, 0.1) is 11.8 Å². The van der Waals surface area contributed by atoms with Crippen molar-refractivity contribution < 1.29 is 0 Å². The van der Waals surface area contributed by atoms with Crippen LogP contribution in [0.5, 0.6) is 0 Å². The molecule has 3 atom stereocenters. The molecule has 0 bridgehead atoms. The summed E-state index contributed by atoms with van der Waals surface area (Å²) < 4.78 is 0. The van der Waals surface area contributed by atoms with Gasteiger partial charge in [-0.15, -0.1) is 11.3 Å². The number of fused-ring (bicyclic) bond motifs is 1. The second kappa shape index (κ2) is 2.20. The van der Waals surface area contributed by atoms with Gasteiger partial charge in [-0.3, -0.25) is 0 Å². The number of thiazole rings is 1. The fraction of sp³-hybridized carbons (Fsp3) is 0.625. The van der Waals surface area contributed by atoms with E-state index >= 15 is 0 Å². The van der Waals surface area contributed by atoms with E-state index in [4.69, 9.17) is 5.73 Å². The normalized spacial score (nSPS) is 38.4. The Kier molecular flexibility index (Phi) is 1.26. The Morgan fingerprint density at radius 3 is 2.83 bits per heavy atom. The standard InChI is InChI=1S/C8H11N3S/c9-7-5-3-11(4-6(5)7)8-10-1-2-12-8/h1-2,5-7H,3-4,9H2/t5-,6+,7?. The molecule has 2 aliphatic rings. The van der Waals surface area contributed by atoms with Crippen LogP contribution in [0.1, 0.15) is 0 Å². The van der Waals surface area contributed by atoms with Crippen molar-refractivity contribution in [1.29, 1.82) is 0 Å². The van der Waals surface area contributed by atoms with Crippen LogP contribution in [0.3, 0.4) is 0 Å². The zero-order valence-electron chi connectivity index (χ0n) is 6.68. The molecular formula is C8H11N3S. The number of piperidine rings is 1. The van der Waals surface area contributed by atoms with Crippen molar-refractivity contribution in [3.05, 3.63) is 11.6 Å². The molecule has 1 saturated carbocycles. The molecule has 4 heteroatoms. The minimum atomic E-state index is 0.487. The molecule has 1 saturated heterocycles. The Balaban J connectivity index is 1.76. The zero-order valence-corrected chi connectivity index (χ0v) is 7.50. The number of aromatic nitrogens is 1. The molecule has 2 heterocycles. The predicted octanol–water partition coefficient (Wildman–Crippen LogP) is 0.536. The van der Waals surface area contributed by atoms with Crippen molar-refractivity contribution in [2.45, 2.75) is 6.04 Å². The van der Waals surface area contributed by atoms with Gasteiger partial charge in [0, 0.05) is 30.7 Å². The van der Waals surface area contributed by atoms with Crippen molar-refractivity contribution in [3.63, 3.8) is 0 Å². The van der Waals surface area contributed by atoms with Gasteiger partial charge in [-0.1, -0.05) is 0 Å². The summed E-state index contributed by atoms with van der Waals surface area (Å²) in [6, 6.07) is 0.487. The van der Waals surface area contributed by atoms with Crippen molar-refractivity contribution in [3.8, 4) is 0 Å². The fourth-order valence-electron chi connectivity index (χ4n) is 2.10. The lowest BCUT2D eigenvalue weighted by Gasteiger charge is -2.16. The monoisotopic (exact) mass is 181 g/mol. The lowest BCUT2D eigenvalue weighted by molar-refractivity contribution is 0.741. The molecule has 2 fully saturated rings. The molecule has 64 valence electrons. The summed E-state index contributed by atoms with van der Waals surface area (Å²) in [6.07, 6.45) is 1.86. The summed E-state index contributed by atoms with van der Waals surface area (Å²) in [5, 5.41) is 3.19. The van der Waals surface area contributed by atoms with Gasteiger partial charge in [-0.25, -0.2) is 4.98 Å². The second-order valence-electron chi connectivity index (χ2n) is 3.62. The molecule has 0 aromatic carbocycles. The zero-order chi connectivity index (χ0) is 8.13. The van der Waals surface area contributed by atoms with Gasteiger partial charge in [0.25, 0.3) is 0 Å². The second-order valence-corrected chi connectivity index (χ2v) is 4.50. The highest BCUT2D eigenvalue weighted by Gasteiger charge is 2.53. The Morgan fingerprint density at radius 2 is 2.25 bits per heavy atom. The highest BCUT2D eigenvalue weighted by atomic mass is 32.1. The third kappa shape index (κ3) is 0.820. The van der Waals surface area contributed by atoms with E-state index in [9.17, 15) is 0 Å². The first-order chi connectivity index (χ1) is 5.86. The predicted molar refractivity (Wildman–Crippen MR) is 49.3 cm³/mol. The van der Waals surface area contributed by atoms with Crippen LogP contribution >= 0.6 is 11.3 Å². The third-order valence-electron chi connectivity index (χ3n) is 2.95. The number of anilines is 1. The van der Waals surface area contributed by atoms with Gasteiger partial charge < -0.3 is 10.6 Å². The van der Waals surface area contributed by atoms with Crippen molar-refractivity contribution >= 4 is 16.5 Å². The molecule has 1 aromatic heterocycles. The topological polar surface area (TPSA) is 42.1 Å². The van der Waals surface area contributed by atoms with E-state index in [0.29, 0.717) is 6.04 Å². The average molecular weight is 181 g/mol. The van der Waals surface area contributed by atoms with Gasteiger partial charge in [-0.2, -0.15) is 0 Å². The summed E-state index contributed by atoms with van der Waals surface area (Å²) in [5.74, 6) is 1.52. The van der Waals surface area contributed by atoms with E-state index in [2.05, 4.69) is 9.88 Å². The highest BCUT2D eigenvalue weighted by molar-refractivity contribution is 7.13. The molecule has 1 unspecified atom stereocenters. The summed E-state index contributed by atoms with van der Waals surface area (Å²) in [5.41, 5.74) is 5.84. The van der Waals surface area contributed by atoms with E-state index in [-0.39, 0.29) is 0 Å². The van der Waals surface area contributed by atoms with Gasteiger partial charge in [0.15, 0.2) is 5.13 Å². The molecule has 2 N–H and O–H groups in total. The van der Waals surface area contributed by atoms with Crippen molar-refractivity contribution in [1.82, 2.24) is 4.98 Å². The van der Waals surface area contributed by atoms with Gasteiger partial charge >= 0.3 is 0 Å². The summed E-state index contributed by atoms with van der Waals surface area (Å²) in [6.45, 7) is 2.25. The first kappa shape index (κ1) is 6.86. The molecule has 0 radical (unpaired) electrons. The van der Waals surface area contributed by atoms with E-state index in [1.165, 1.54) is 0 Å². The van der Waals surface area contributed by atoms with E-state index in [0.717, 1.165) is 30.1 Å². The van der Waals surface area contributed by atoms with Gasteiger partial charge in [0.2, 0.25) is 0 Å². The smallest absolute Gasteiger partial charge is 0.185 e.